The summed E-state index contributed by atoms with van der Waals surface area (Å²) < 4.78 is 38.2. The van der Waals surface area contributed by atoms with Gasteiger partial charge < -0.3 is 10.0 Å². The third kappa shape index (κ3) is 4.04. The highest BCUT2D eigenvalue weighted by molar-refractivity contribution is 5.85. The van der Waals surface area contributed by atoms with Crippen molar-refractivity contribution in [3.8, 4) is 11.1 Å². The number of aromatic nitrogens is 1. The van der Waals surface area contributed by atoms with E-state index < -0.39 is 17.7 Å². The number of piperidine rings is 1. The normalized spacial score (nSPS) is 15.6. The van der Waals surface area contributed by atoms with Crippen molar-refractivity contribution in [2.24, 2.45) is 5.92 Å². The quantitative estimate of drug-likeness (QED) is 0.655. The molecule has 4 nitrogen and oxygen atoms in total. The van der Waals surface area contributed by atoms with Gasteiger partial charge in [-0.1, -0.05) is 18.2 Å². The van der Waals surface area contributed by atoms with Gasteiger partial charge in [0.15, 0.2) is 0 Å². The molecule has 0 aliphatic carbocycles. The number of carbonyl (C=O) groups is 1. The summed E-state index contributed by atoms with van der Waals surface area (Å²) >= 11 is 0. The van der Waals surface area contributed by atoms with Gasteiger partial charge in [-0.15, -0.1) is 0 Å². The van der Waals surface area contributed by atoms with Crippen LogP contribution in [0.4, 0.5) is 19.0 Å². The van der Waals surface area contributed by atoms with E-state index in [1.165, 1.54) is 12.1 Å². The molecule has 0 amide bonds. The first kappa shape index (κ1) is 19.2. The number of fused-ring (bicyclic) bond motifs is 1. The SMILES string of the molecule is O=C(O)C1CCN(c2ccc3cc(-c4ccc(C(F)(F)F)cc4)ccc3n2)CC1. The van der Waals surface area contributed by atoms with Crippen molar-refractivity contribution in [1.29, 1.82) is 0 Å². The highest BCUT2D eigenvalue weighted by Gasteiger charge is 2.30. The van der Waals surface area contributed by atoms with Gasteiger partial charge in [-0.3, -0.25) is 4.79 Å². The second kappa shape index (κ2) is 7.39. The van der Waals surface area contributed by atoms with Crippen LogP contribution in [0.2, 0.25) is 0 Å². The van der Waals surface area contributed by atoms with Gasteiger partial charge in [0.05, 0.1) is 17.0 Å². The first-order chi connectivity index (χ1) is 13.8. The van der Waals surface area contributed by atoms with Gasteiger partial charge in [0.2, 0.25) is 0 Å². The molecule has 1 aliphatic rings. The minimum absolute atomic E-state index is 0.294. The highest BCUT2D eigenvalue weighted by atomic mass is 19.4. The van der Waals surface area contributed by atoms with Crippen LogP contribution in [0.5, 0.6) is 0 Å². The number of pyridine rings is 1. The number of anilines is 1. The standard InChI is InChI=1S/C22H19F3N2O2/c23-22(24,25)18-5-1-14(2-6-18)16-3-7-19-17(13-16)4-8-20(26-19)27-11-9-15(10-12-27)21(28)29/h1-8,13,15H,9-12H2,(H,28,29). The highest BCUT2D eigenvalue weighted by Crippen LogP contribution is 2.32. The lowest BCUT2D eigenvalue weighted by molar-refractivity contribution is -0.142. The van der Waals surface area contributed by atoms with Gasteiger partial charge in [-0.2, -0.15) is 13.2 Å². The Hall–Kier alpha value is -3.09. The van der Waals surface area contributed by atoms with Crippen LogP contribution in [0.1, 0.15) is 18.4 Å². The summed E-state index contributed by atoms with van der Waals surface area (Å²) in [7, 11) is 0. The van der Waals surface area contributed by atoms with Crippen molar-refractivity contribution in [3.63, 3.8) is 0 Å². The number of alkyl halides is 3. The summed E-state index contributed by atoms with van der Waals surface area (Å²) in [6.45, 7) is 1.30. The van der Waals surface area contributed by atoms with Gasteiger partial charge in [0, 0.05) is 18.5 Å². The zero-order valence-electron chi connectivity index (χ0n) is 15.5. The lowest BCUT2D eigenvalue weighted by Crippen LogP contribution is -2.36. The number of rotatable bonds is 3. The Morgan fingerprint density at radius 3 is 2.24 bits per heavy atom. The van der Waals surface area contributed by atoms with Crippen molar-refractivity contribution >= 4 is 22.7 Å². The Morgan fingerprint density at radius 2 is 1.62 bits per heavy atom. The first-order valence-electron chi connectivity index (χ1n) is 9.37. The number of benzene rings is 2. The van der Waals surface area contributed by atoms with Gasteiger partial charge >= 0.3 is 12.1 Å². The predicted molar refractivity (Wildman–Crippen MR) is 105 cm³/mol. The fourth-order valence-corrected chi connectivity index (χ4v) is 3.68. The minimum atomic E-state index is -4.35. The summed E-state index contributed by atoms with van der Waals surface area (Å²) in [6.07, 6.45) is -3.15. The molecule has 1 saturated heterocycles. The second-order valence-electron chi connectivity index (χ2n) is 7.25. The van der Waals surface area contributed by atoms with Crippen molar-refractivity contribution in [3.05, 3.63) is 60.2 Å². The van der Waals surface area contributed by atoms with Crippen LogP contribution in [0, 0.1) is 5.92 Å². The Bertz CT molecular complexity index is 1040. The van der Waals surface area contributed by atoms with Gasteiger partial charge in [-0.25, -0.2) is 4.98 Å². The lowest BCUT2D eigenvalue weighted by Gasteiger charge is -2.31. The molecule has 3 aromatic rings. The molecular formula is C22H19F3N2O2. The number of hydrogen-bond donors (Lipinski definition) is 1. The molecule has 4 rings (SSSR count). The summed E-state index contributed by atoms with van der Waals surface area (Å²) in [5.41, 5.74) is 1.65. The van der Waals surface area contributed by atoms with Crippen LogP contribution in [0.25, 0.3) is 22.0 Å². The van der Waals surface area contributed by atoms with Gasteiger partial charge in [0.25, 0.3) is 0 Å². The molecule has 0 radical (unpaired) electrons. The Morgan fingerprint density at radius 1 is 0.966 bits per heavy atom. The fourth-order valence-electron chi connectivity index (χ4n) is 3.68. The Kier molecular flexibility index (Phi) is 4.90. The summed E-state index contributed by atoms with van der Waals surface area (Å²) in [5.74, 6) is -0.228. The molecule has 0 bridgehead atoms. The number of aliphatic carboxylic acids is 1. The summed E-state index contributed by atoms with van der Waals surface area (Å²) in [4.78, 5) is 17.9. The van der Waals surface area contributed by atoms with Crippen LogP contribution in [-0.2, 0) is 11.0 Å². The molecule has 0 unspecified atom stereocenters. The van der Waals surface area contributed by atoms with E-state index in [1.807, 2.05) is 30.3 Å². The van der Waals surface area contributed by atoms with Crippen molar-refractivity contribution in [2.45, 2.75) is 19.0 Å². The average molecular weight is 400 g/mol. The van der Waals surface area contributed by atoms with Crippen LogP contribution in [0.15, 0.2) is 54.6 Å². The minimum Gasteiger partial charge on any atom is -0.481 e. The fraction of sp³-hybridized carbons (Fsp3) is 0.273. The first-order valence-corrected chi connectivity index (χ1v) is 9.37. The van der Waals surface area contributed by atoms with E-state index in [2.05, 4.69) is 9.88 Å². The third-order valence-electron chi connectivity index (χ3n) is 5.39. The van der Waals surface area contributed by atoms with Crippen molar-refractivity contribution in [2.75, 3.05) is 18.0 Å². The van der Waals surface area contributed by atoms with E-state index in [-0.39, 0.29) is 5.92 Å². The lowest BCUT2D eigenvalue weighted by atomic mass is 9.97. The molecule has 7 heteroatoms. The molecule has 1 aromatic heterocycles. The van der Waals surface area contributed by atoms with Crippen molar-refractivity contribution in [1.82, 2.24) is 4.98 Å². The maximum atomic E-state index is 12.7. The molecule has 1 aliphatic heterocycles. The Labute approximate surface area is 165 Å². The van der Waals surface area contributed by atoms with E-state index in [1.54, 1.807) is 0 Å². The van der Waals surface area contributed by atoms with E-state index in [9.17, 15) is 18.0 Å². The smallest absolute Gasteiger partial charge is 0.416 e. The molecule has 0 atom stereocenters. The number of carboxylic acids is 1. The van der Waals surface area contributed by atoms with E-state index in [0.717, 1.165) is 34.4 Å². The zero-order valence-corrected chi connectivity index (χ0v) is 15.5. The van der Waals surface area contributed by atoms with Crippen LogP contribution < -0.4 is 4.90 Å². The molecular weight excluding hydrogens is 381 g/mol. The van der Waals surface area contributed by atoms with E-state index in [0.29, 0.717) is 31.5 Å². The summed E-state index contributed by atoms with van der Waals surface area (Å²) in [5, 5.41) is 10.0. The molecule has 0 spiro atoms. The van der Waals surface area contributed by atoms with E-state index in [4.69, 9.17) is 5.11 Å². The average Bonchev–Trinajstić information content (AvgIpc) is 2.72. The van der Waals surface area contributed by atoms with Crippen molar-refractivity contribution < 1.29 is 23.1 Å². The molecule has 0 saturated carbocycles. The maximum absolute atomic E-state index is 12.7. The molecule has 1 N–H and O–H groups in total. The second-order valence-corrected chi connectivity index (χ2v) is 7.25. The molecule has 1 fully saturated rings. The van der Waals surface area contributed by atoms with Gasteiger partial charge in [-0.05, 0) is 60.4 Å². The number of halogens is 3. The largest absolute Gasteiger partial charge is 0.481 e. The number of nitrogens with zero attached hydrogens (tertiary/aromatic N) is 2. The monoisotopic (exact) mass is 400 g/mol. The third-order valence-corrected chi connectivity index (χ3v) is 5.39. The number of carboxylic acid groups (broad SMARTS) is 1. The Balaban J connectivity index is 1.55. The van der Waals surface area contributed by atoms with E-state index >= 15 is 0 Å². The molecule has 29 heavy (non-hydrogen) atoms. The topological polar surface area (TPSA) is 53.4 Å². The summed E-state index contributed by atoms with van der Waals surface area (Å²) in [6, 6.07) is 14.6. The molecule has 150 valence electrons. The molecule has 2 heterocycles. The maximum Gasteiger partial charge on any atom is 0.416 e. The zero-order chi connectivity index (χ0) is 20.6. The van der Waals surface area contributed by atoms with Crippen LogP contribution >= 0.6 is 0 Å². The molecule has 2 aromatic carbocycles. The predicted octanol–water partition coefficient (Wildman–Crippen LogP) is 5.22. The van der Waals surface area contributed by atoms with Crippen LogP contribution in [0.3, 0.4) is 0 Å². The van der Waals surface area contributed by atoms with Crippen LogP contribution in [-0.4, -0.2) is 29.1 Å². The number of hydrogen-bond acceptors (Lipinski definition) is 3. The van der Waals surface area contributed by atoms with Gasteiger partial charge in [0.1, 0.15) is 5.82 Å².